The number of carbonyl (C=O) groups is 3. The molecule has 11 heteroatoms. The van der Waals surface area contributed by atoms with Gasteiger partial charge in [-0.3, -0.25) is 24.0 Å². The minimum Gasteiger partial charge on any atom is -0.465 e. The Morgan fingerprint density at radius 2 is 1.74 bits per heavy atom. The van der Waals surface area contributed by atoms with Gasteiger partial charge in [0.15, 0.2) is 0 Å². The molecule has 11 nitrogen and oxygen atoms in total. The van der Waals surface area contributed by atoms with Crippen LogP contribution in [-0.4, -0.2) is 75.6 Å². The monoisotopic (exact) mass is 532 g/mol. The lowest BCUT2D eigenvalue weighted by molar-refractivity contribution is -0.135. The second-order valence-electron chi connectivity index (χ2n) is 10.6. The fourth-order valence-corrected chi connectivity index (χ4v) is 4.83. The van der Waals surface area contributed by atoms with Gasteiger partial charge in [0.05, 0.1) is 11.0 Å². The van der Waals surface area contributed by atoms with E-state index in [0.29, 0.717) is 57.8 Å². The van der Waals surface area contributed by atoms with Crippen LogP contribution in [0.2, 0.25) is 0 Å². The van der Waals surface area contributed by atoms with Crippen molar-refractivity contribution in [2.45, 2.75) is 70.9 Å². The minimum atomic E-state index is -0.920. The van der Waals surface area contributed by atoms with Gasteiger partial charge in [-0.15, -0.1) is 0 Å². The Labute approximate surface area is 222 Å². The maximum absolute atomic E-state index is 13.0. The van der Waals surface area contributed by atoms with Crippen molar-refractivity contribution in [3.05, 3.63) is 34.2 Å². The molecule has 1 aliphatic heterocycles. The standard InChI is InChI=1S/C27H40N4O7/c1-27(2,3)30(26(35)36)14-7-16-38-18-8-17-37-15-6-10-19-9-5-11-20-23(19)29(4)25(34)31(20)21-12-13-22(32)28-24(21)33/h5,9,11,21H,6-8,10,12-18H2,1-4H3,(H,35,36)(H,28,32,33). The summed E-state index contributed by atoms with van der Waals surface area (Å²) in [5.41, 5.74) is 1.79. The second-order valence-corrected chi connectivity index (χ2v) is 10.6. The molecule has 2 heterocycles. The van der Waals surface area contributed by atoms with Crippen LogP contribution >= 0.6 is 0 Å². The van der Waals surface area contributed by atoms with Crippen molar-refractivity contribution >= 4 is 28.9 Å². The van der Waals surface area contributed by atoms with E-state index in [1.165, 1.54) is 9.47 Å². The highest BCUT2D eigenvalue weighted by Crippen LogP contribution is 2.25. The Hall–Kier alpha value is -3.18. The van der Waals surface area contributed by atoms with Gasteiger partial charge in [-0.1, -0.05) is 12.1 Å². The number of fused-ring (bicyclic) bond motifs is 1. The molecule has 38 heavy (non-hydrogen) atoms. The van der Waals surface area contributed by atoms with Crippen molar-refractivity contribution in [3.63, 3.8) is 0 Å². The summed E-state index contributed by atoms with van der Waals surface area (Å²) in [5, 5.41) is 11.6. The van der Waals surface area contributed by atoms with E-state index in [0.717, 1.165) is 23.9 Å². The van der Waals surface area contributed by atoms with Gasteiger partial charge in [-0.2, -0.15) is 0 Å². The average molecular weight is 533 g/mol. The molecule has 210 valence electrons. The van der Waals surface area contributed by atoms with Gasteiger partial charge in [0.1, 0.15) is 6.04 Å². The number of benzene rings is 1. The van der Waals surface area contributed by atoms with Crippen LogP contribution in [0.3, 0.4) is 0 Å². The summed E-state index contributed by atoms with van der Waals surface area (Å²) in [5.74, 6) is -0.749. The van der Waals surface area contributed by atoms with Crippen LogP contribution in [0.4, 0.5) is 4.79 Å². The molecular weight excluding hydrogens is 492 g/mol. The molecule has 0 aliphatic carbocycles. The first-order valence-electron chi connectivity index (χ1n) is 13.2. The molecule has 1 aliphatic rings. The van der Waals surface area contributed by atoms with Crippen LogP contribution < -0.4 is 11.0 Å². The molecule has 0 saturated carbocycles. The lowest BCUT2D eigenvalue weighted by Gasteiger charge is -2.33. The fourth-order valence-electron chi connectivity index (χ4n) is 4.83. The van der Waals surface area contributed by atoms with Crippen molar-refractivity contribution in [1.29, 1.82) is 0 Å². The van der Waals surface area contributed by atoms with Crippen LogP contribution in [-0.2, 0) is 32.5 Å². The number of imide groups is 1. The molecule has 1 saturated heterocycles. The fraction of sp³-hybridized carbons (Fsp3) is 0.630. The van der Waals surface area contributed by atoms with Gasteiger partial charge < -0.3 is 19.5 Å². The summed E-state index contributed by atoms with van der Waals surface area (Å²) >= 11 is 0. The number of hydrogen-bond acceptors (Lipinski definition) is 6. The summed E-state index contributed by atoms with van der Waals surface area (Å²) in [7, 11) is 1.70. The van der Waals surface area contributed by atoms with Crippen LogP contribution in [0.1, 0.15) is 64.5 Å². The molecule has 1 fully saturated rings. The number of rotatable bonds is 13. The van der Waals surface area contributed by atoms with E-state index in [4.69, 9.17) is 9.47 Å². The van der Waals surface area contributed by atoms with E-state index >= 15 is 0 Å². The number of hydrogen-bond donors (Lipinski definition) is 2. The highest BCUT2D eigenvalue weighted by Gasteiger charge is 2.31. The first-order valence-corrected chi connectivity index (χ1v) is 13.2. The number of nitrogens with zero attached hydrogens (tertiary/aromatic N) is 3. The van der Waals surface area contributed by atoms with E-state index in [1.54, 1.807) is 11.6 Å². The van der Waals surface area contributed by atoms with Crippen molar-refractivity contribution in [3.8, 4) is 0 Å². The maximum Gasteiger partial charge on any atom is 0.407 e. The number of piperidine rings is 1. The van der Waals surface area contributed by atoms with Crippen LogP contribution in [0.5, 0.6) is 0 Å². The van der Waals surface area contributed by atoms with E-state index < -0.39 is 23.6 Å². The van der Waals surface area contributed by atoms with Gasteiger partial charge in [-0.05, 0) is 64.5 Å². The number of ether oxygens (including phenoxy) is 2. The molecule has 3 amide bonds. The first-order chi connectivity index (χ1) is 18.0. The molecule has 1 unspecified atom stereocenters. The minimum absolute atomic E-state index is 0.210. The average Bonchev–Trinajstić information content (AvgIpc) is 3.09. The molecule has 0 bridgehead atoms. The molecule has 2 N–H and O–H groups in total. The van der Waals surface area contributed by atoms with Crippen LogP contribution in [0.25, 0.3) is 11.0 Å². The van der Waals surface area contributed by atoms with Gasteiger partial charge in [0.25, 0.3) is 0 Å². The third kappa shape index (κ3) is 7.22. The molecule has 1 aromatic carbocycles. The van der Waals surface area contributed by atoms with Gasteiger partial charge in [-0.25, -0.2) is 9.59 Å². The van der Waals surface area contributed by atoms with Crippen molar-refractivity contribution in [1.82, 2.24) is 19.4 Å². The largest absolute Gasteiger partial charge is 0.465 e. The number of aromatic nitrogens is 2. The number of imidazole rings is 1. The highest BCUT2D eigenvalue weighted by molar-refractivity contribution is 6.00. The van der Waals surface area contributed by atoms with E-state index in [1.807, 2.05) is 39.0 Å². The zero-order valence-corrected chi connectivity index (χ0v) is 22.8. The third-order valence-corrected chi connectivity index (χ3v) is 6.73. The number of para-hydroxylation sites is 1. The molecule has 2 aromatic rings. The summed E-state index contributed by atoms with van der Waals surface area (Å²) in [6, 6.07) is 5.01. The molecule has 0 spiro atoms. The SMILES string of the molecule is Cn1c(=O)n(C2CCC(=O)NC2=O)c2cccc(CCCOCCCOCCCN(C(=O)O)C(C)(C)C)c21. The number of amides is 3. The molecular formula is C27H40N4O7. The molecule has 1 aromatic heterocycles. The Balaban J connectivity index is 1.40. The number of carboxylic acid groups (broad SMARTS) is 1. The smallest absolute Gasteiger partial charge is 0.407 e. The van der Waals surface area contributed by atoms with E-state index in [-0.39, 0.29) is 18.0 Å². The predicted octanol–water partition coefficient (Wildman–Crippen LogP) is 2.84. The third-order valence-electron chi connectivity index (χ3n) is 6.73. The molecule has 0 radical (unpaired) electrons. The Morgan fingerprint density at radius 3 is 2.37 bits per heavy atom. The molecule has 3 rings (SSSR count). The molecule has 1 atom stereocenters. The lowest BCUT2D eigenvalue weighted by Crippen LogP contribution is -2.45. The summed E-state index contributed by atoms with van der Waals surface area (Å²) in [6.07, 6.45) is 2.48. The summed E-state index contributed by atoms with van der Waals surface area (Å²) in [6.45, 7) is 8.24. The zero-order valence-electron chi connectivity index (χ0n) is 22.8. The highest BCUT2D eigenvalue weighted by atomic mass is 16.5. The Kier molecular flexibility index (Phi) is 10.1. The van der Waals surface area contributed by atoms with Gasteiger partial charge >= 0.3 is 11.8 Å². The maximum atomic E-state index is 13.0. The Morgan fingerprint density at radius 1 is 1.08 bits per heavy atom. The summed E-state index contributed by atoms with van der Waals surface area (Å²) < 4.78 is 14.4. The number of aryl methyl sites for hydroxylation is 2. The van der Waals surface area contributed by atoms with Crippen LogP contribution in [0, 0.1) is 0 Å². The quantitative estimate of drug-likeness (QED) is 0.299. The van der Waals surface area contributed by atoms with E-state index in [2.05, 4.69) is 5.32 Å². The predicted molar refractivity (Wildman–Crippen MR) is 142 cm³/mol. The normalized spacial score (nSPS) is 16.2. The van der Waals surface area contributed by atoms with Gasteiger partial charge in [0.2, 0.25) is 11.8 Å². The van der Waals surface area contributed by atoms with Crippen LogP contribution in [0.15, 0.2) is 23.0 Å². The number of carbonyl (C=O) groups excluding carboxylic acids is 2. The topological polar surface area (TPSA) is 132 Å². The second kappa shape index (κ2) is 13.1. The summed E-state index contributed by atoms with van der Waals surface area (Å²) in [4.78, 5) is 49.7. The Bertz CT molecular complexity index is 1190. The zero-order chi connectivity index (χ0) is 27.9. The van der Waals surface area contributed by atoms with Crippen molar-refractivity contribution in [2.75, 3.05) is 33.0 Å². The van der Waals surface area contributed by atoms with Crippen molar-refractivity contribution < 1.29 is 29.0 Å². The number of nitrogens with one attached hydrogen (secondary N) is 1. The lowest BCUT2D eigenvalue weighted by atomic mass is 10.0. The van der Waals surface area contributed by atoms with Gasteiger partial charge in [0, 0.05) is 52.0 Å². The van der Waals surface area contributed by atoms with Crippen molar-refractivity contribution in [2.24, 2.45) is 7.05 Å². The van der Waals surface area contributed by atoms with E-state index in [9.17, 15) is 24.3 Å². The first kappa shape index (κ1) is 29.4.